The maximum Gasteiger partial charge on any atom is 0.251 e. The number of carbonyl (C=O) groups is 1. The molecule has 3 heterocycles. The molecule has 0 aliphatic rings. The van der Waals surface area contributed by atoms with Gasteiger partial charge in [-0.2, -0.15) is 5.26 Å². The first-order valence-corrected chi connectivity index (χ1v) is 9.07. The average molecular weight is 386 g/mol. The normalized spacial score (nSPS) is 10.7. The molecule has 0 unspecified atom stereocenters. The second-order valence-corrected chi connectivity index (χ2v) is 6.42. The summed E-state index contributed by atoms with van der Waals surface area (Å²) >= 11 is 0. The van der Waals surface area contributed by atoms with E-state index < -0.39 is 5.91 Å². The Balaban J connectivity index is 1.81. The Morgan fingerprint density at radius 2 is 2.07 bits per heavy atom. The first kappa shape index (κ1) is 18.3. The van der Waals surface area contributed by atoms with Crippen LogP contribution in [0.2, 0.25) is 0 Å². The molecule has 7 nitrogen and oxygen atoms in total. The van der Waals surface area contributed by atoms with E-state index in [-0.39, 0.29) is 6.61 Å². The number of fused-ring (bicyclic) bond motifs is 3. The molecule has 0 saturated heterocycles. The Morgan fingerprint density at radius 1 is 1.17 bits per heavy atom. The molecule has 0 aliphatic heterocycles. The van der Waals surface area contributed by atoms with E-state index in [2.05, 4.69) is 4.98 Å². The van der Waals surface area contributed by atoms with Crippen LogP contribution < -0.4 is 15.2 Å². The fourth-order valence-corrected chi connectivity index (χ4v) is 3.39. The van der Waals surface area contributed by atoms with Crippen molar-refractivity contribution >= 4 is 22.3 Å². The van der Waals surface area contributed by atoms with Crippen molar-refractivity contribution in [3.63, 3.8) is 0 Å². The van der Waals surface area contributed by atoms with Gasteiger partial charge in [0.25, 0.3) is 5.91 Å². The van der Waals surface area contributed by atoms with Crippen molar-refractivity contribution in [2.45, 2.75) is 6.42 Å². The summed E-state index contributed by atoms with van der Waals surface area (Å²) in [4.78, 5) is 16.4. The van der Waals surface area contributed by atoms with Gasteiger partial charge in [-0.1, -0.05) is 12.1 Å². The van der Waals surface area contributed by atoms with Crippen LogP contribution in [0, 0.1) is 11.3 Å². The highest BCUT2D eigenvalue weighted by molar-refractivity contribution is 6.15. The fourth-order valence-electron chi connectivity index (χ4n) is 3.39. The summed E-state index contributed by atoms with van der Waals surface area (Å²) in [5.74, 6) is 0.429. The fraction of sp³-hybridized carbons (Fsp3) is 0.136. The van der Waals surface area contributed by atoms with Gasteiger partial charge in [0.15, 0.2) is 6.61 Å². The lowest BCUT2D eigenvalue weighted by Gasteiger charge is -2.11. The zero-order valence-electron chi connectivity index (χ0n) is 15.5. The summed E-state index contributed by atoms with van der Waals surface area (Å²) in [5.41, 5.74) is 8.55. The van der Waals surface area contributed by atoms with Gasteiger partial charge in [0.1, 0.15) is 17.6 Å². The topological polar surface area (TPSA) is 103 Å². The molecule has 7 heteroatoms. The molecule has 0 fully saturated rings. The number of rotatable bonds is 7. The molecule has 0 bridgehead atoms. The number of nitriles is 1. The van der Waals surface area contributed by atoms with Crippen molar-refractivity contribution < 1.29 is 14.3 Å². The van der Waals surface area contributed by atoms with E-state index in [1.807, 2.05) is 47.0 Å². The van der Waals surface area contributed by atoms with Crippen LogP contribution in [0.15, 0.2) is 61.1 Å². The van der Waals surface area contributed by atoms with E-state index in [0.29, 0.717) is 41.0 Å². The standard InChI is InChI=1S/C22H18N4O3/c23-7-11-28-16-12-18-20(21(22(24)27)17-5-1-2-9-26(17)18)19(13-16)29-10-6-15-4-3-8-25-14-15/h1-5,8-9,12-14H,6,10-11H2,(H2,24,27). The number of amides is 1. The highest BCUT2D eigenvalue weighted by atomic mass is 16.5. The maximum atomic E-state index is 12.3. The van der Waals surface area contributed by atoms with Gasteiger partial charge in [0.05, 0.1) is 28.6 Å². The molecule has 0 radical (unpaired) electrons. The Labute approximate surface area is 166 Å². The summed E-state index contributed by atoms with van der Waals surface area (Å²) in [5, 5.41) is 9.47. The van der Waals surface area contributed by atoms with Crippen LogP contribution in [0.3, 0.4) is 0 Å². The van der Waals surface area contributed by atoms with Crippen LogP contribution >= 0.6 is 0 Å². The minimum atomic E-state index is -0.536. The lowest BCUT2D eigenvalue weighted by Crippen LogP contribution is -2.11. The molecular weight excluding hydrogens is 368 g/mol. The molecule has 2 N–H and O–H groups in total. The Morgan fingerprint density at radius 3 is 2.83 bits per heavy atom. The molecule has 0 atom stereocenters. The van der Waals surface area contributed by atoms with E-state index in [1.165, 1.54) is 0 Å². The van der Waals surface area contributed by atoms with Gasteiger partial charge in [-0.3, -0.25) is 9.78 Å². The summed E-state index contributed by atoms with van der Waals surface area (Å²) < 4.78 is 13.4. The highest BCUT2D eigenvalue weighted by Crippen LogP contribution is 2.37. The van der Waals surface area contributed by atoms with Crippen molar-refractivity contribution in [3.05, 3.63) is 72.2 Å². The minimum absolute atomic E-state index is 0.0907. The minimum Gasteiger partial charge on any atom is -0.492 e. The van der Waals surface area contributed by atoms with E-state index in [4.69, 9.17) is 20.5 Å². The molecule has 0 spiro atoms. The van der Waals surface area contributed by atoms with Crippen LogP contribution in [0.1, 0.15) is 15.9 Å². The van der Waals surface area contributed by atoms with Crippen molar-refractivity contribution in [1.29, 1.82) is 5.26 Å². The number of nitrogens with two attached hydrogens (primary N) is 1. The summed E-state index contributed by atoms with van der Waals surface area (Å²) in [6, 6.07) is 14.8. The molecule has 29 heavy (non-hydrogen) atoms. The Hall–Kier alpha value is -4.05. The lowest BCUT2D eigenvalue weighted by atomic mass is 10.1. The molecule has 4 aromatic rings. The maximum absolute atomic E-state index is 12.3. The number of hydrogen-bond donors (Lipinski definition) is 1. The van der Waals surface area contributed by atoms with E-state index in [9.17, 15) is 4.79 Å². The second-order valence-electron chi connectivity index (χ2n) is 6.42. The molecule has 1 aromatic carbocycles. The number of nitrogens with zero attached hydrogens (tertiary/aromatic N) is 3. The van der Waals surface area contributed by atoms with Crippen molar-refractivity contribution in [1.82, 2.24) is 9.38 Å². The SMILES string of the molecule is N#CCOc1cc(OCCc2cccnc2)c2c(C(N)=O)c3ccccn3c2c1. The number of benzene rings is 1. The molecule has 0 aliphatic carbocycles. The van der Waals surface area contributed by atoms with Crippen molar-refractivity contribution in [2.75, 3.05) is 13.2 Å². The van der Waals surface area contributed by atoms with E-state index >= 15 is 0 Å². The van der Waals surface area contributed by atoms with Gasteiger partial charge in [0, 0.05) is 37.1 Å². The molecule has 3 aromatic heterocycles. The third-order valence-corrected chi connectivity index (χ3v) is 4.60. The van der Waals surface area contributed by atoms with Gasteiger partial charge < -0.3 is 19.6 Å². The largest absolute Gasteiger partial charge is 0.492 e. The summed E-state index contributed by atoms with van der Waals surface area (Å²) in [6.45, 7) is 0.291. The summed E-state index contributed by atoms with van der Waals surface area (Å²) in [7, 11) is 0. The van der Waals surface area contributed by atoms with Gasteiger partial charge >= 0.3 is 0 Å². The Bertz CT molecular complexity index is 1230. The van der Waals surface area contributed by atoms with Crippen LogP contribution in [-0.2, 0) is 6.42 Å². The average Bonchev–Trinajstić information content (AvgIpc) is 3.08. The number of ether oxygens (including phenoxy) is 2. The van der Waals surface area contributed by atoms with E-state index in [0.717, 1.165) is 11.1 Å². The summed E-state index contributed by atoms with van der Waals surface area (Å²) in [6.07, 6.45) is 6.00. The predicted octanol–water partition coefficient (Wildman–Crippen LogP) is 3.11. The third-order valence-electron chi connectivity index (χ3n) is 4.60. The van der Waals surface area contributed by atoms with Gasteiger partial charge in [-0.15, -0.1) is 0 Å². The molecular formula is C22H18N4O3. The van der Waals surface area contributed by atoms with Crippen LogP contribution in [0.25, 0.3) is 16.4 Å². The molecule has 144 valence electrons. The zero-order chi connectivity index (χ0) is 20.2. The van der Waals surface area contributed by atoms with Crippen molar-refractivity contribution in [2.24, 2.45) is 5.73 Å². The molecule has 4 rings (SSSR count). The van der Waals surface area contributed by atoms with Gasteiger partial charge in [-0.25, -0.2) is 0 Å². The van der Waals surface area contributed by atoms with Crippen LogP contribution in [0.4, 0.5) is 0 Å². The molecule has 1 amide bonds. The van der Waals surface area contributed by atoms with E-state index in [1.54, 1.807) is 24.5 Å². The molecule has 0 saturated carbocycles. The van der Waals surface area contributed by atoms with Gasteiger partial charge in [-0.05, 0) is 23.8 Å². The second kappa shape index (κ2) is 7.90. The number of carbonyl (C=O) groups excluding carboxylic acids is 1. The number of aromatic nitrogens is 2. The third kappa shape index (κ3) is 3.56. The first-order chi connectivity index (χ1) is 14.2. The highest BCUT2D eigenvalue weighted by Gasteiger charge is 2.21. The van der Waals surface area contributed by atoms with Crippen LogP contribution in [-0.4, -0.2) is 28.5 Å². The number of primary amides is 1. The smallest absolute Gasteiger partial charge is 0.251 e. The monoisotopic (exact) mass is 386 g/mol. The van der Waals surface area contributed by atoms with Gasteiger partial charge in [0.2, 0.25) is 0 Å². The number of pyridine rings is 2. The zero-order valence-corrected chi connectivity index (χ0v) is 15.5. The lowest BCUT2D eigenvalue weighted by molar-refractivity contribution is 0.100. The number of hydrogen-bond acceptors (Lipinski definition) is 5. The quantitative estimate of drug-likeness (QED) is 0.526. The first-order valence-electron chi connectivity index (χ1n) is 9.07. The predicted molar refractivity (Wildman–Crippen MR) is 108 cm³/mol. The van der Waals surface area contributed by atoms with Crippen molar-refractivity contribution in [3.8, 4) is 17.6 Å². The van der Waals surface area contributed by atoms with Crippen LogP contribution in [0.5, 0.6) is 11.5 Å². The Kier molecular flexibility index (Phi) is 4.99.